The molecular formula is C21H26FN3O3. The lowest BCUT2D eigenvalue weighted by molar-refractivity contribution is 0.0948. The fraction of sp³-hybridized carbons (Fsp3) is 0.381. The third-order valence-electron chi connectivity index (χ3n) is 4.72. The molecule has 0 aliphatic carbocycles. The molecule has 0 bridgehead atoms. The number of hydrogen-bond donors (Lipinski definition) is 2. The van der Waals surface area contributed by atoms with E-state index in [1.807, 2.05) is 20.8 Å². The predicted octanol–water partition coefficient (Wildman–Crippen LogP) is 2.95. The van der Waals surface area contributed by atoms with E-state index < -0.39 is 23.1 Å². The van der Waals surface area contributed by atoms with Crippen LogP contribution >= 0.6 is 0 Å². The minimum absolute atomic E-state index is 0.00536. The maximum absolute atomic E-state index is 13.4. The standard InChI is InChI=1S/C21H26FN3O3/c1-5-14(4)25-11-17(20(27)23-6-2)19(26)18(12-25)21(28)24-10-15-9-16(22)8-7-13(15)3/h7-9,11-12,14H,5-6,10H2,1-4H3,(H,23,27)(H,24,28). The molecule has 7 heteroatoms. The molecule has 0 saturated carbocycles. The van der Waals surface area contributed by atoms with E-state index in [-0.39, 0.29) is 23.7 Å². The highest BCUT2D eigenvalue weighted by molar-refractivity contribution is 5.99. The van der Waals surface area contributed by atoms with Gasteiger partial charge in [-0.05, 0) is 50.5 Å². The van der Waals surface area contributed by atoms with E-state index in [2.05, 4.69) is 10.6 Å². The number of hydrogen-bond acceptors (Lipinski definition) is 3. The third kappa shape index (κ3) is 4.85. The van der Waals surface area contributed by atoms with E-state index in [4.69, 9.17) is 0 Å². The van der Waals surface area contributed by atoms with Gasteiger partial charge in [0.15, 0.2) is 0 Å². The van der Waals surface area contributed by atoms with Gasteiger partial charge in [0.05, 0.1) is 0 Å². The molecule has 150 valence electrons. The van der Waals surface area contributed by atoms with Gasteiger partial charge >= 0.3 is 0 Å². The van der Waals surface area contributed by atoms with Crippen LogP contribution in [0.3, 0.4) is 0 Å². The average molecular weight is 387 g/mol. The van der Waals surface area contributed by atoms with Gasteiger partial charge in [0.25, 0.3) is 11.8 Å². The van der Waals surface area contributed by atoms with Crippen molar-refractivity contribution in [3.63, 3.8) is 0 Å². The summed E-state index contributed by atoms with van der Waals surface area (Å²) in [4.78, 5) is 37.7. The summed E-state index contributed by atoms with van der Waals surface area (Å²) in [5, 5.41) is 5.25. The molecule has 1 heterocycles. The van der Waals surface area contributed by atoms with Crippen LogP contribution < -0.4 is 16.1 Å². The number of aromatic nitrogens is 1. The molecule has 0 fully saturated rings. The van der Waals surface area contributed by atoms with Crippen LogP contribution in [0.4, 0.5) is 4.39 Å². The molecule has 0 aliphatic heterocycles. The molecule has 2 N–H and O–H groups in total. The van der Waals surface area contributed by atoms with Gasteiger partial charge in [-0.3, -0.25) is 14.4 Å². The summed E-state index contributed by atoms with van der Waals surface area (Å²) in [6, 6.07) is 4.33. The maximum atomic E-state index is 13.4. The topological polar surface area (TPSA) is 80.2 Å². The third-order valence-corrected chi connectivity index (χ3v) is 4.72. The highest BCUT2D eigenvalue weighted by atomic mass is 19.1. The van der Waals surface area contributed by atoms with Crippen molar-refractivity contribution in [2.75, 3.05) is 6.54 Å². The number of pyridine rings is 1. The minimum atomic E-state index is -0.626. The maximum Gasteiger partial charge on any atom is 0.257 e. The fourth-order valence-electron chi connectivity index (χ4n) is 2.74. The first-order chi connectivity index (χ1) is 13.3. The Kier molecular flexibility index (Phi) is 7.09. The molecule has 0 spiro atoms. The molecule has 2 amide bonds. The Balaban J connectivity index is 2.37. The summed E-state index contributed by atoms with van der Waals surface area (Å²) in [5.41, 5.74) is 0.638. The van der Waals surface area contributed by atoms with Crippen LogP contribution in [0.2, 0.25) is 0 Å². The predicted molar refractivity (Wildman–Crippen MR) is 106 cm³/mol. The number of benzene rings is 1. The first-order valence-electron chi connectivity index (χ1n) is 9.35. The second-order valence-corrected chi connectivity index (χ2v) is 6.73. The van der Waals surface area contributed by atoms with Crippen molar-refractivity contribution in [1.82, 2.24) is 15.2 Å². The Hall–Kier alpha value is -2.96. The number of aryl methyl sites for hydroxylation is 1. The lowest BCUT2D eigenvalue weighted by atomic mass is 10.1. The summed E-state index contributed by atoms with van der Waals surface area (Å²) in [6.45, 7) is 7.92. The van der Waals surface area contributed by atoms with Crippen molar-refractivity contribution in [2.24, 2.45) is 0 Å². The van der Waals surface area contributed by atoms with Gasteiger partial charge < -0.3 is 15.2 Å². The fourth-order valence-corrected chi connectivity index (χ4v) is 2.74. The smallest absolute Gasteiger partial charge is 0.257 e. The van der Waals surface area contributed by atoms with E-state index in [0.717, 1.165) is 12.0 Å². The quantitative estimate of drug-likeness (QED) is 0.767. The molecule has 2 rings (SSSR count). The van der Waals surface area contributed by atoms with Crippen molar-refractivity contribution < 1.29 is 14.0 Å². The Morgan fingerprint density at radius 2 is 1.71 bits per heavy atom. The SMILES string of the molecule is CCNC(=O)c1cn(C(C)CC)cc(C(=O)NCc2cc(F)ccc2C)c1=O. The van der Waals surface area contributed by atoms with Gasteiger partial charge in [-0.2, -0.15) is 0 Å². The molecule has 1 unspecified atom stereocenters. The largest absolute Gasteiger partial charge is 0.352 e. The molecule has 0 saturated heterocycles. The zero-order valence-electron chi connectivity index (χ0n) is 16.6. The van der Waals surface area contributed by atoms with Crippen molar-refractivity contribution in [3.05, 3.63) is 68.9 Å². The normalized spacial score (nSPS) is 11.8. The summed E-state index contributed by atoms with van der Waals surface area (Å²) < 4.78 is 15.1. The first-order valence-corrected chi connectivity index (χ1v) is 9.35. The van der Waals surface area contributed by atoms with Crippen LogP contribution in [0, 0.1) is 12.7 Å². The van der Waals surface area contributed by atoms with E-state index >= 15 is 0 Å². The minimum Gasteiger partial charge on any atom is -0.352 e. The zero-order valence-corrected chi connectivity index (χ0v) is 16.6. The molecule has 1 aromatic heterocycles. The molecule has 0 aliphatic rings. The van der Waals surface area contributed by atoms with Gasteiger partial charge in [-0.15, -0.1) is 0 Å². The van der Waals surface area contributed by atoms with Crippen LogP contribution in [0.1, 0.15) is 65.1 Å². The Bertz CT molecular complexity index is 937. The number of halogens is 1. The van der Waals surface area contributed by atoms with Crippen molar-refractivity contribution >= 4 is 11.8 Å². The lowest BCUT2D eigenvalue weighted by Crippen LogP contribution is -2.35. The van der Waals surface area contributed by atoms with Crippen LogP contribution in [0.15, 0.2) is 35.4 Å². The number of carbonyl (C=O) groups excluding carboxylic acids is 2. The van der Waals surface area contributed by atoms with E-state index in [9.17, 15) is 18.8 Å². The number of rotatable bonds is 7. The van der Waals surface area contributed by atoms with Crippen molar-refractivity contribution in [2.45, 2.75) is 46.7 Å². The Labute approximate surface area is 163 Å². The number of nitrogens with zero attached hydrogens (tertiary/aromatic N) is 1. The summed E-state index contributed by atoms with van der Waals surface area (Å²) in [5.74, 6) is -1.51. The molecule has 1 atom stereocenters. The monoisotopic (exact) mass is 387 g/mol. The molecule has 6 nitrogen and oxygen atoms in total. The van der Waals surface area contributed by atoms with Gasteiger partial charge in [-0.25, -0.2) is 4.39 Å². The van der Waals surface area contributed by atoms with Gasteiger partial charge in [0.1, 0.15) is 16.9 Å². The van der Waals surface area contributed by atoms with E-state index in [1.54, 1.807) is 17.6 Å². The summed E-state index contributed by atoms with van der Waals surface area (Å²) >= 11 is 0. The summed E-state index contributed by atoms with van der Waals surface area (Å²) in [7, 11) is 0. The molecule has 0 radical (unpaired) electrons. The molecule has 2 aromatic rings. The van der Waals surface area contributed by atoms with Crippen LogP contribution in [-0.4, -0.2) is 22.9 Å². The van der Waals surface area contributed by atoms with Gasteiger partial charge in [0.2, 0.25) is 5.43 Å². The lowest BCUT2D eigenvalue weighted by Gasteiger charge is -2.17. The van der Waals surface area contributed by atoms with Gasteiger partial charge in [0, 0.05) is 31.5 Å². The second kappa shape index (κ2) is 9.30. The van der Waals surface area contributed by atoms with Crippen molar-refractivity contribution in [3.8, 4) is 0 Å². The summed E-state index contributed by atoms with van der Waals surface area (Å²) in [6.07, 6.45) is 3.71. The van der Waals surface area contributed by atoms with Gasteiger partial charge in [-0.1, -0.05) is 13.0 Å². The molecule has 28 heavy (non-hydrogen) atoms. The molecule has 1 aromatic carbocycles. The average Bonchev–Trinajstić information content (AvgIpc) is 2.68. The highest BCUT2D eigenvalue weighted by Crippen LogP contribution is 2.13. The highest BCUT2D eigenvalue weighted by Gasteiger charge is 2.20. The van der Waals surface area contributed by atoms with Crippen molar-refractivity contribution in [1.29, 1.82) is 0 Å². The van der Waals surface area contributed by atoms with E-state index in [1.165, 1.54) is 24.5 Å². The number of carbonyl (C=O) groups is 2. The number of amides is 2. The second-order valence-electron chi connectivity index (χ2n) is 6.73. The van der Waals surface area contributed by atoms with Crippen LogP contribution in [0.5, 0.6) is 0 Å². The zero-order chi connectivity index (χ0) is 20.8. The Morgan fingerprint density at radius 1 is 1.11 bits per heavy atom. The van der Waals surface area contributed by atoms with Crippen LogP contribution in [-0.2, 0) is 6.54 Å². The molecular weight excluding hydrogens is 361 g/mol. The Morgan fingerprint density at radius 3 is 2.29 bits per heavy atom. The van der Waals surface area contributed by atoms with Crippen LogP contribution in [0.25, 0.3) is 0 Å². The number of nitrogens with one attached hydrogen (secondary N) is 2. The first kappa shape index (κ1) is 21.3. The van der Waals surface area contributed by atoms with E-state index in [0.29, 0.717) is 12.1 Å².